The van der Waals surface area contributed by atoms with Crippen LogP contribution in [0.3, 0.4) is 0 Å². The summed E-state index contributed by atoms with van der Waals surface area (Å²) in [5, 5.41) is 3.28. The first-order valence-electron chi connectivity index (χ1n) is 13.2. The van der Waals surface area contributed by atoms with Crippen molar-refractivity contribution in [3.05, 3.63) is 88.4 Å². The van der Waals surface area contributed by atoms with Crippen LogP contribution in [0.2, 0.25) is 5.02 Å². The molecule has 1 atom stereocenters. The van der Waals surface area contributed by atoms with Gasteiger partial charge in [0.05, 0.1) is 17.7 Å². The highest BCUT2D eigenvalue weighted by molar-refractivity contribution is 7.92. The first kappa shape index (κ1) is 32.0. The third-order valence-electron chi connectivity index (χ3n) is 6.48. The molecule has 0 aliphatic carbocycles. The Morgan fingerprint density at radius 3 is 2.24 bits per heavy atom. The third-order valence-corrected chi connectivity index (χ3v) is 8.68. The minimum atomic E-state index is -4.18. The summed E-state index contributed by atoms with van der Waals surface area (Å²) in [7, 11) is -2.64. The molecule has 0 unspecified atom stereocenters. The van der Waals surface area contributed by atoms with Crippen LogP contribution in [-0.2, 0) is 26.2 Å². The Kier molecular flexibility index (Phi) is 10.1. The summed E-state index contributed by atoms with van der Waals surface area (Å²) < 4.78 is 34.3. The summed E-state index contributed by atoms with van der Waals surface area (Å²) in [6.07, 6.45) is 0. The van der Waals surface area contributed by atoms with Crippen molar-refractivity contribution in [1.82, 2.24) is 10.2 Å². The number of benzene rings is 3. The van der Waals surface area contributed by atoms with Crippen molar-refractivity contribution in [3.63, 3.8) is 0 Å². The summed E-state index contributed by atoms with van der Waals surface area (Å²) >= 11 is 6.38. The van der Waals surface area contributed by atoms with Crippen molar-refractivity contribution in [2.24, 2.45) is 0 Å². The number of carbonyl (C=O) groups excluding carboxylic acids is 2. The van der Waals surface area contributed by atoms with Crippen molar-refractivity contribution >= 4 is 39.1 Å². The van der Waals surface area contributed by atoms with Crippen molar-refractivity contribution in [2.45, 2.75) is 64.6 Å². The van der Waals surface area contributed by atoms with Crippen molar-refractivity contribution in [2.75, 3.05) is 18.0 Å². The minimum absolute atomic E-state index is 0.0328. The summed E-state index contributed by atoms with van der Waals surface area (Å²) in [6, 6.07) is 17.5. The molecule has 0 aliphatic heterocycles. The average molecular weight is 600 g/mol. The van der Waals surface area contributed by atoms with E-state index in [2.05, 4.69) is 5.32 Å². The SMILES string of the molecule is COc1cccc(CN(C(=O)CN(c2ccc(C)c(Cl)c2)S(=O)(=O)c2ccc(C)cc2)[C@H](C)C(=O)NC(C)(C)C)c1. The zero-order valence-corrected chi connectivity index (χ0v) is 26.1. The quantitative estimate of drug-likeness (QED) is 0.332. The Hall–Kier alpha value is -3.56. The van der Waals surface area contributed by atoms with Gasteiger partial charge in [-0.25, -0.2) is 8.42 Å². The van der Waals surface area contributed by atoms with Gasteiger partial charge >= 0.3 is 0 Å². The van der Waals surface area contributed by atoms with Crippen molar-refractivity contribution in [1.29, 1.82) is 0 Å². The van der Waals surface area contributed by atoms with Gasteiger partial charge in [0.1, 0.15) is 18.3 Å². The first-order chi connectivity index (χ1) is 19.1. The molecular formula is C31H38ClN3O5S. The Balaban J connectivity index is 2.07. The maximum atomic E-state index is 14.1. The molecule has 1 N–H and O–H groups in total. The molecule has 0 aromatic heterocycles. The van der Waals surface area contributed by atoms with Gasteiger partial charge in [0.25, 0.3) is 10.0 Å². The maximum absolute atomic E-state index is 14.1. The fraction of sp³-hybridized carbons (Fsp3) is 0.355. The monoisotopic (exact) mass is 599 g/mol. The molecule has 8 nitrogen and oxygen atoms in total. The molecular weight excluding hydrogens is 562 g/mol. The van der Waals surface area contributed by atoms with E-state index in [-0.39, 0.29) is 23.0 Å². The molecule has 220 valence electrons. The van der Waals surface area contributed by atoms with Crippen LogP contribution in [0, 0.1) is 13.8 Å². The number of carbonyl (C=O) groups is 2. The summed E-state index contributed by atoms with van der Waals surface area (Å²) in [5.41, 5.74) is 2.09. The number of rotatable bonds is 10. The largest absolute Gasteiger partial charge is 0.497 e. The summed E-state index contributed by atoms with van der Waals surface area (Å²) in [5.74, 6) is -0.323. The van der Waals surface area contributed by atoms with Crippen LogP contribution in [-0.4, -0.2) is 50.4 Å². The number of sulfonamides is 1. The highest BCUT2D eigenvalue weighted by Gasteiger charge is 2.33. The fourth-order valence-corrected chi connectivity index (χ4v) is 5.71. The topological polar surface area (TPSA) is 96.0 Å². The molecule has 10 heteroatoms. The Labute approximate surface area is 248 Å². The van der Waals surface area contributed by atoms with Gasteiger partial charge in [-0.1, -0.05) is 47.5 Å². The second-order valence-corrected chi connectivity index (χ2v) is 13.3. The van der Waals surface area contributed by atoms with E-state index in [1.165, 1.54) is 23.1 Å². The molecule has 3 aromatic carbocycles. The normalized spacial score (nSPS) is 12.4. The average Bonchev–Trinajstić information content (AvgIpc) is 2.90. The first-order valence-corrected chi connectivity index (χ1v) is 15.0. The van der Waals surface area contributed by atoms with Crippen LogP contribution in [0.15, 0.2) is 71.6 Å². The van der Waals surface area contributed by atoms with Crippen LogP contribution < -0.4 is 14.4 Å². The number of aryl methyl sites for hydroxylation is 2. The van der Waals surface area contributed by atoms with E-state index in [4.69, 9.17) is 16.3 Å². The van der Waals surface area contributed by atoms with Gasteiger partial charge in [0.2, 0.25) is 11.8 Å². The predicted molar refractivity (Wildman–Crippen MR) is 163 cm³/mol. The van der Waals surface area contributed by atoms with Gasteiger partial charge in [-0.15, -0.1) is 0 Å². The van der Waals surface area contributed by atoms with Gasteiger partial charge < -0.3 is 15.0 Å². The third kappa shape index (κ3) is 8.24. The van der Waals surface area contributed by atoms with E-state index >= 15 is 0 Å². The summed E-state index contributed by atoms with van der Waals surface area (Å²) in [4.78, 5) is 28.7. The van der Waals surface area contributed by atoms with E-state index in [1.807, 2.05) is 40.7 Å². The van der Waals surface area contributed by atoms with Crippen LogP contribution in [0.5, 0.6) is 5.75 Å². The van der Waals surface area contributed by atoms with Crippen LogP contribution in [0.25, 0.3) is 0 Å². The standard InChI is InChI=1S/C31H38ClN3O5S/c1-21-11-15-27(16-12-21)41(38,39)35(25-14-13-22(2)28(32)18-25)20-29(36)34(23(3)30(37)33-31(4,5)6)19-24-9-8-10-26(17-24)40-7/h8-18,23H,19-20H2,1-7H3,(H,33,37)/t23-/m1/s1. The number of hydrogen-bond acceptors (Lipinski definition) is 5. The number of halogens is 1. The van der Waals surface area contributed by atoms with Crippen LogP contribution in [0.1, 0.15) is 44.4 Å². The number of ether oxygens (including phenoxy) is 1. The molecule has 0 spiro atoms. The Morgan fingerprint density at radius 2 is 1.66 bits per heavy atom. The molecule has 0 aliphatic rings. The lowest BCUT2D eigenvalue weighted by molar-refractivity contribution is -0.140. The Morgan fingerprint density at radius 1 is 1.00 bits per heavy atom. The van der Waals surface area contributed by atoms with Gasteiger partial charge in [-0.05, 0) is 89.1 Å². The molecule has 0 saturated heterocycles. The molecule has 2 amide bonds. The van der Waals surface area contributed by atoms with E-state index in [1.54, 1.807) is 56.5 Å². The van der Waals surface area contributed by atoms with Gasteiger partial charge in [0.15, 0.2) is 0 Å². The molecule has 41 heavy (non-hydrogen) atoms. The number of anilines is 1. The van der Waals surface area contributed by atoms with Crippen LogP contribution in [0.4, 0.5) is 5.69 Å². The second kappa shape index (κ2) is 13.0. The minimum Gasteiger partial charge on any atom is -0.497 e. The van der Waals surface area contributed by atoms with Crippen molar-refractivity contribution < 1.29 is 22.7 Å². The smallest absolute Gasteiger partial charge is 0.264 e. The van der Waals surface area contributed by atoms with E-state index in [0.29, 0.717) is 10.8 Å². The lowest BCUT2D eigenvalue weighted by Crippen LogP contribution is -2.54. The molecule has 3 aromatic rings. The molecule has 3 rings (SSSR count). The van der Waals surface area contributed by atoms with Gasteiger partial charge in [-0.3, -0.25) is 13.9 Å². The molecule has 0 saturated carbocycles. The number of nitrogens with zero attached hydrogens (tertiary/aromatic N) is 2. The zero-order valence-electron chi connectivity index (χ0n) is 24.6. The van der Waals surface area contributed by atoms with Gasteiger partial charge in [-0.2, -0.15) is 0 Å². The molecule has 0 fully saturated rings. The van der Waals surface area contributed by atoms with E-state index in [0.717, 1.165) is 21.0 Å². The number of hydrogen-bond donors (Lipinski definition) is 1. The molecule has 0 radical (unpaired) electrons. The predicted octanol–water partition coefficient (Wildman–Crippen LogP) is 5.49. The second-order valence-electron chi connectivity index (χ2n) is 11.0. The lowest BCUT2D eigenvalue weighted by atomic mass is 10.1. The lowest BCUT2D eigenvalue weighted by Gasteiger charge is -2.33. The zero-order chi connectivity index (χ0) is 30.5. The molecule has 0 bridgehead atoms. The maximum Gasteiger partial charge on any atom is 0.264 e. The van der Waals surface area contributed by atoms with E-state index in [9.17, 15) is 18.0 Å². The van der Waals surface area contributed by atoms with Crippen molar-refractivity contribution in [3.8, 4) is 5.75 Å². The summed E-state index contributed by atoms with van der Waals surface area (Å²) in [6.45, 7) is 10.4. The Bertz CT molecular complexity index is 1500. The van der Waals surface area contributed by atoms with Crippen LogP contribution >= 0.6 is 11.6 Å². The number of nitrogens with one attached hydrogen (secondary N) is 1. The highest BCUT2D eigenvalue weighted by Crippen LogP contribution is 2.29. The van der Waals surface area contributed by atoms with E-state index < -0.39 is 34.1 Å². The highest BCUT2D eigenvalue weighted by atomic mass is 35.5. The molecule has 0 heterocycles. The number of amides is 2. The van der Waals surface area contributed by atoms with Gasteiger partial charge in [0, 0.05) is 17.1 Å². The number of methoxy groups -OCH3 is 1. The fourth-order valence-electron chi connectivity index (χ4n) is 4.13.